The predicted octanol–water partition coefficient (Wildman–Crippen LogP) is 3.52. The average molecular weight is 327 g/mol. The van der Waals surface area contributed by atoms with Crippen molar-refractivity contribution >= 4 is 15.9 Å². The van der Waals surface area contributed by atoms with E-state index in [4.69, 9.17) is 14.2 Å². The highest BCUT2D eigenvalue weighted by atomic mass is 79.9. The Morgan fingerprint density at radius 3 is 2.39 bits per heavy atom. The summed E-state index contributed by atoms with van der Waals surface area (Å²) in [5.74, 6) is 0.293. The number of methoxy groups -OCH3 is 1. The molecule has 1 aliphatic rings. The van der Waals surface area contributed by atoms with Crippen molar-refractivity contribution in [1.29, 1.82) is 0 Å². The number of hydrogen-bond donors (Lipinski definition) is 0. The van der Waals surface area contributed by atoms with E-state index in [1.165, 1.54) is 13.2 Å². The van der Waals surface area contributed by atoms with Crippen molar-refractivity contribution in [3.63, 3.8) is 0 Å². The van der Waals surface area contributed by atoms with Gasteiger partial charge in [0.1, 0.15) is 5.75 Å². The van der Waals surface area contributed by atoms with Gasteiger partial charge in [0.15, 0.2) is 6.29 Å². The van der Waals surface area contributed by atoms with Crippen LogP contribution >= 0.6 is 15.9 Å². The van der Waals surface area contributed by atoms with Gasteiger partial charge in [-0.15, -0.1) is 0 Å². The van der Waals surface area contributed by atoms with E-state index in [1.54, 1.807) is 0 Å². The second-order valence-electron chi connectivity index (χ2n) is 3.65. The molecule has 0 spiro atoms. The third-order valence-electron chi connectivity index (χ3n) is 2.50. The fourth-order valence-corrected chi connectivity index (χ4v) is 2.24. The minimum absolute atomic E-state index is 0.0754. The highest BCUT2D eigenvalue weighted by Gasteiger charge is 2.35. The minimum Gasteiger partial charge on any atom is -0.496 e. The second-order valence-corrected chi connectivity index (χ2v) is 4.50. The van der Waals surface area contributed by atoms with Crippen molar-refractivity contribution in [2.75, 3.05) is 20.3 Å². The molecule has 0 atom stereocenters. The number of rotatable bonds is 2. The summed E-state index contributed by atoms with van der Waals surface area (Å²) in [7, 11) is 1.38. The number of ether oxygens (including phenoxy) is 3. The van der Waals surface area contributed by atoms with Gasteiger partial charge >= 0.3 is 6.18 Å². The van der Waals surface area contributed by atoms with Gasteiger partial charge in [0.25, 0.3) is 0 Å². The van der Waals surface area contributed by atoms with Crippen LogP contribution in [0.5, 0.6) is 5.75 Å². The zero-order chi connectivity index (χ0) is 13.3. The molecule has 100 valence electrons. The first-order chi connectivity index (χ1) is 8.43. The van der Waals surface area contributed by atoms with Crippen molar-refractivity contribution in [3.05, 3.63) is 27.7 Å². The molecule has 0 saturated carbocycles. The smallest absolute Gasteiger partial charge is 0.417 e. The van der Waals surface area contributed by atoms with Gasteiger partial charge in [0.05, 0.1) is 31.5 Å². The van der Waals surface area contributed by atoms with Crippen molar-refractivity contribution in [3.8, 4) is 5.75 Å². The maximum Gasteiger partial charge on any atom is 0.417 e. The first-order valence-electron chi connectivity index (χ1n) is 5.11. The van der Waals surface area contributed by atoms with Gasteiger partial charge in [0.2, 0.25) is 0 Å². The highest BCUT2D eigenvalue weighted by Crippen LogP contribution is 2.41. The van der Waals surface area contributed by atoms with E-state index in [-0.39, 0.29) is 10.0 Å². The van der Waals surface area contributed by atoms with Crippen LogP contribution in [0.1, 0.15) is 17.4 Å². The van der Waals surface area contributed by atoms with Crippen molar-refractivity contribution < 1.29 is 27.4 Å². The van der Waals surface area contributed by atoms with Gasteiger partial charge in [-0.25, -0.2) is 0 Å². The third kappa shape index (κ3) is 2.62. The number of alkyl halides is 3. The summed E-state index contributed by atoms with van der Waals surface area (Å²) in [6.45, 7) is 0.705. The van der Waals surface area contributed by atoms with E-state index in [0.717, 1.165) is 6.07 Å². The summed E-state index contributed by atoms with van der Waals surface area (Å²) in [5, 5.41) is 0. The Labute approximate surface area is 110 Å². The van der Waals surface area contributed by atoms with Crippen molar-refractivity contribution in [1.82, 2.24) is 0 Å². The van der Waals surface area contributed by atoms with E-state index >= 15 is 0 Å². The summed E-state index contributed by atoms with van der Waals surface area (Å²) < 4.78 is 53.8. The van der Waals surface area contributed by atoms with Gasteiger partial charge in [-0.1, -0.05) is 15.9 Å². The molecule has 2 rings (SSSR count). The van der Waals surface area contributed by atoms with E-state index in [2.05, 4.69) is 15.9 Å². The summed E-state index contributed by atoms with van der Waals surface area (Å²) in [4.78, 5) is 0. The van der Waals surface area contributed by atoms with Gasteiger partial charge in [0, 0.05) is 4.47 Å². The Bertz CT molecular complexity index is 442. The van der Waals surface area contributed by atoms with Crippen molar-refractivity contribution in [2.24, 2.45) is 0 Å². The van der Waals surface area contributed by atoms with Gasteiger partial charge in [-0.2, -0.15) is 13.2 Å². The first kappa shape index (κ1) is 13.6. The molecule has 1 aliphatic heterocycles. The lowest BCUT2D eigenvalue weighted by Crippen LogP contribution is -2.10. The molecular weight excluding hydrogens is 317 g/mol. The second kappa shape index (κ2) is 5.07. The fourth-order valence-electron chi connectivity index (χ4n) is 1.69. The van der Waals surface area contributed by atoms with Crippen molar-refractivity contribution in [2.45, 2.75) is 12.5 Å². The van der Waals surface area contributed by atoms with Crippen LogP contribution in [0.4, 0.5) is 13.2 Å². The van der Waals surface area contributed by atoms with Crippen LogP contribution in [0.25, 0.3) is 0 Å². The van der Waals surface area contributed by atoms with Crippen LogP contribution in [0.2, 0.25) is 0 Å². The zero-order valence-electron chi connectivity index (χ0n) is 9.38. The normalized spacial score (nSPS) is 17.2. The maximum absolute atomic E-state index is 12.8. The van der Waals surface area contributed by atoms with Crippen LogP contribution in [0, 0.1) is 0 Å². The maximum atomic E-state index is 12.8. The molecule has 3 nitrogen and oxygen atoms in total. The summed E-state index contributed by atoms with van der Waals surface area (Å²) in [6.07, 6.45) is -5.26. The monoisotopic (exact) mass is 326 g/mol. The van der Waals surface area contributed by atoms with Gasteiger partial charge < -0.3 is 14.2 Å². The molecule has 1 saturated heterocycles. The van der Waals surface area contributed by atoms with Crippen LogP contribution in [0.3, 0.4) is 0 Å². The van der Waals surface area contributed by atoms with Gasteiger partial charge in [-0.05, 0) is 12.1 Å². The minimum atomic E-state index is -4.45. The largest absolute Gasteiger partial charge is 0.496 e. The van der Waals surface area contributed by atoms with E-state index in [1.807, 2.05) is 0 Å². The fraction of sp³-hybridized carbons (Fsp3) is 0.455. The van der Waals surface area contributed by atoms with E-state index < -0.39 is 18.0 Å². The quantitative estimate of drug-likeness (QED) is 0.832. The summed E-state index contributed by atoms with van der Waals surface area (Å²) >= 11 is 2.88. The SMILES string of the molecule is COc1cc(Br)c(C(F)(F)F)cc1C1OCCO1. The highest BCUT2D eigenvalue weighted by molar-refractivity contribution is 9.10. The molecule has 7 heteroatoms. The topological polar surface area (TPSA) is 27.7 Å². The molecule has 1 fully saturated rings. The lowest BCUT2D eigenvalue weighted by molar-refractivity contribution is -0.138. The van der Waals surface area contributed by atoms with Gasteiger partial charge in [-0.3, -0.25) is 0 Å². The standard InChI is InChI=1S/C11H10BrF3O3/c1-16-9-5-8(12)7(11(13,14)15)4-6(9)10-17-2-3-18-10/h4-5,10H,2-3H2,1H3. The Morgan fingerprint density at radius 1 is 1.28 bits per heavy atom. The van der Waals surface area contributed by atoms with Crippen LogP contribution < -0.4 is 4.74 Å². The third-order valence-corrected chi connectivity index (χ3v) is 3.16. The average Bonchev–Trinajstić information content (AvgIpc) is 2.80. The Morgan fingerprint density at radius 2 is 1.89 bits per heavy atom. The number of halogens is 4. The number of hydrogen-bond acceptors (Lipinski definition) is 3. The molecule has 1 aromatic carbocycles. The molecule has 1 aromatic rings. The first-order valence-corrected chi connectivity index (χ1v) is 5.90. The Hall–Kier alpha value is -0.790. The lowest BCUT2D eigenvalue weighted by atomic mass is 10.1. The molecule has 1 heterocycles. The zero-order valence-corrected chi connectivity index (χ0v) is 11.0. The molecule has 0 amide bonds. The molecule has 0 radical (unpaired) electrons. The van der Waals surface area contributed by atoms with E-state index in [9.17, 15) is 13.2 Å². The summed E-state index contributed by atoms with van der Waals surface area (Å²) in [6, 6.07) is 2.25. The molecule has 0 N–H and O–H groups in total. The molecule has 0 aliphatic carbocycles. The molecule has 0 unspecified atom stereocenters. The Kier molecular flexibility index (Phi) is 3.84. The number of benzene rings is 1. The summed E-state index contributed by atoms with van der Waals surface area (Å²) in [5.41, 5.74) is -0.539. The molecule has 18 heavy (non-hydrogen) atoms. The lowest BCUT2D eigenvalue weighted by Gasteiger charge is -2.17. The van der Waals surface area contributed by atoms with E-state index in [0.29, 0.717) is 19.0 Å². The molecule has 0 bridgehead atoms. The van der Waals surface area contributed by atoms with Crippen LogP contribution in [-0.2, 0) is 15.7 Å². The predicted molar refractivity (Wildman–Crippen MR) is 60.3 cm³/mol. The van der Waals surface area contributed by atoms with Crippen LogP contribution in [-0.4, -0.2) is 20.3 Å². The Balaban J connectivity index is 2.49. The molecule has 0 aromatic heterocycles. The van der Waals surface area contributed by atoms with Crippen LogP contribution in [0.15, 0.2) is 16.6 Å². The molecular formula is C11H10BrF3O3.